The van der Waals surface area contributed by atoms with Crippen molar-refractivity contribution in [2.24, 2.45) is 11.3 Å². The lowest BCUT2D eigenvalue weighted by Crippen LogP contribution is -2.50. The Balaban J connectivity index is 1.56. The van der Waals surface area contributed by atoms with E-state index in [0.29, 0.717) is 13.0 Å². The van der Waals surface area contributed by atoms with Crippen LogP contribution in [0.3, 0.4) is 0 Å². The monoisotopic (exact) mass is 522 g/mol. The maximum absolute atomic E-state index is 14.1. The maximum Gasteiger partial charge on any atom is 0.254 e. The highest BCUT2D eigenvalue weighted by Gasteiger charge is 2.43. The predicted molar refractivity (Wildman–Crippen MR) is 158 cm³/mol. The largest absolute Gasteiger partial charge is 0.330 e. The Hall–Kier alpha value is -3.99. The summed E-state index contributed by atoms with van der Waals surface area (Å²) < 4.78 is 0. The highest BCUT2D eigenvalue weighted by atomic mass is 16.2. The van der Waals surface area contributed by atoms with E-state index in [-0.39, 0.29) is 24.0 Å². The van der Waals surface area contributed by atoms with Crippen molar-refractivity contribution in [2.45, 2.75) is 53.0 Å². The number of hydrogen-bond donors (Lipinski definition) is 0. The number of likely N-dealkylation sites (tertiary alicyclic amines) is 1. The number of ketones is 1. The number of benzene rings is 3. The minimum absolute atomic E-state index is 0.0962. The zero-order chi connectivity index (χ0) is 28.0. The first kappa shape index (κ1) is 28.0. The van der Waals surface area contributed by atoms with Gasteiger partial charge < -0.3 is 4.90 Å². The number of carbonyl (C=O) groups is 3. The quantitative estimate of drug-likeness (QED) is 0.300. The van der Waals surface area contributed by atoms with Crippen LogP contribution in [0.25, 0.3) is 6.08 Å². The van der Waals surface area contributed by atoms with Crippen molar-refractivity contribution in [1.82, 2.24) is 4.90 Å². The van der Waals surface area contributed by atoms with Crippen molar-refractivity contribution in [1.29, 1.82) is 0 Å². The summed E-state index contributed by atoms with van der Waals surface area (Å²) in [6.45, 7) is 8.49. The summed E-state index contributed by atoms with van der Waals surface area (Å²) in [5.41, 5.74) is 3.18. The van der Waals surface area contributed by atoms with Crippen LogP contribution in [-0.4, -0.2) is 35.1 Å². The molecule has 0 radical (unpaired) electrons. The predicted octanol–water partition coefficient (Wildman–Crippen LogP) is 6.99. The van der Waals surface area contributed by atoms with Gasteiger partial charge in [-0.05, 0) is 61.1 Å². The van der Waals surface area contributed by atoms with E-state index in [1.165, 1.54) is 0 Å². The molecule has 5 heteroatoms. The van der Waals surface area contributed by atoms with Gasteiger partial charge >= 0.3 is 0 Å². The molecule has 1 saturated heterocycles. The second-order valence-corrected chi connectivity index (χ2v) is 11.4. The number of hydrogen-bond acceptors (Lipinski definition) is 3. The number of amides is 2. The SMILES string of the molecule is Cc1ccc(/C=C/C(=O)C[C@H](C(=O)N2CCCC2C(=O)N(c2ccccc2)c2ccccc2)C(C)(C)C)cc1. The molecule has 1 fully saturated rings. The third-order valence-corrected chi connectivity index (χ3v) is 7.36. The number of allylic oxidation sites excluding steroid dienone is 1. The summed E-state index contributed by atoms with van der Waals surface area (Å²) in [6, 6.07) is 26.4. The standard InChI is InChI=1S/C34H38N2O3/c1-25-17-19-26(20-18-25)21-22-29(37)24-30(34(2,3)4)32(38)35-23-11-16-31(35)33(39)36(27-12-7-5-8-13-27)28-14-9-6-10-15-28/h5-10,12-15,17-22,30-31H,11,16,23-24H2,1-4H3/b22-21+/t30-,31?/m1/s1. The first-order valence-corrected chi connectivity index (χ1v) is 13.7. The maximum atomic E-state index is 14.1. The van der Waals surface area contributed by atoms with Crippen LogP contribution in [0.1, 0.15) is 51.2 Å². The smallest absolute Gasteiger partial charge is 0.254 e. The number of aryl methyl sites for hydroxylation is 1. The molecule has 1 unspecified atom stereocenters. The Kier molecular flexibility index (Phi) is 8.80. The van der Waals surface area contributed by atoms with E-state index < -0.39 is 17.4 Å². The Morgan fingerprint density at radius 3 is 2.00 bits per heavy atom. The molecule has 4 rings (SSSR count). The minimum atomic E-state index is -0.582. The van der Waals surface area contributed by atoms with Gasteiger partial charge in [0.05, 0.1) is 5.92 Å². The van der Waals surface area contributed by atoms with E-state index in [1.807, 2.05) is 113 Å². The van der Waals surface area contributed by atoms with Gasteiger partial charge in [-0.2, -0.15) is 0 Å². The molecule has 0 N–H and O–H groups in total. The molecule has 0 bridgehead atoms. The summed E-state index contributed by atoms with van der Waals surface area (Å²) in [7, 11) is 0. The lowest BCUT2D eigenvalue weighted by atomic mass is 9.76. The molecule has 0 aliphatic carbocycles. The fourth-order valence-electron chi connectivity index (χ4n) is 5.09. The highest BCUT2D eigenvalue weighted by molar-refractivity contribution is 6.05. The summed E-state index contributed by atoms with van der Waals surface area (Å²) in [6.07, 6.45) is 4.81. The molecule has 2 atom stereocenters. The second-order valence-electron chi connectivity index (χ2n) is 11.4. The molecule has 5 nitrogen and oxygen atoms in total. The molecule has 1 aliphatic heterocycles. The molecule has 3 aromatic rings. The number of anilines is 2. The van der Waals surface area contributed by atoms with Crippen LogP contribution in [-0.2, 0) is 14.4 Å². The van der Waals surface area contributed by atoms with Crippen LogP contribution < -0.4 is 4.90 Å². The highest BCUT2D eigenvalue weighted by Crippen LogP contribution is 2.35. The van der Waals surface area contributed by atoms with Gasteiger partial charge in [0.15, 0.2) is 5.78 Å². The van der Waals surface area contributed by atoms with Crippen molar-refractivity contribution >= 4 is 35.0 Å². The van der Waals surface area contributed by atoms with E-state index >= 15 is 0 Å². The van der Waals surface area contributed by atoms with Crippen molar-refractivity contribution in [3.63, 3.8) is 0 Å². The average Bonchev–Trinajstić information content (AvgIpc) is 3.42. The van der Waals surface area contributed by atoms with E-state index in [1.54, 1.807) is 22.0 Å². The van der Waals surface area contributed by atoms with Gasteiger partial charge in [-0.15, -0.1) is 0 Å². The first-order chi connectivity index (χ1) is 18.6. The van der Waals surface area contributed by atoms with E-state index in [9.17, 15) is 14.4 Å². The lowest BCUT2D eigenvalue weighted by Gasteiger charge is -2.36. The van der Waals surface area contributed by atoms with E-state index in [2.05, 4.69) is 0 Å². The molecule has 39 heavy (non-hydrogen) atoms. The Morgan fingerprint density at radius 1 is 0.897 bits per heavy atom. The van der Waals surface area contributed by atoms with Crippen molar-refractivity contribution in [3.8, 4) is 0 Å². The molecule has 3 aromatic carbocycles. The minimum Gasteiger partial charge on any atom is -0.330 e. The summed E-state index contributed by atoms with van der Waals surface area (Å²) >= 11 is 0. The average molecular weight is 523 g/mol. The van der Waals surface area contributed by atoms with Crippen LogP contribution in [0.4, 0.5) is 11.4 Å². The topological polar surface area (TPSA) is 57.7 Å². The summed E-state index contributed by atoms with van der Waals surface area (Å²) in [4.78, 5) is 44.6. The third-order valence-electron chi connectivity index (χ3n) is 7.36. The van der Waals surface area contributed by atoms with Crippen LogP contribution in [0.2, 0.25) is 0 Å². The fraction of sp³-hybridized carbons (Fsp3) is 0.324. The number of carbonyl (C=O) groups excluding carboxylic acids is 3. The van der Waals surface area contributed by atoms with E-state index in [0.717, 1.165) is 28.9 Å². The van der Waals surface area contributed by atoms with Gasteiger partial charge in [0.1, 0.15) is 6.04 Å². The lowest BCUT2D eigenvalue weighted by molar-refractivity contribution is -0.145. The number of nitrogens with zero attached hydrogens (tertiary/aromatic N) is 2. The van der Waals surface area contributed by atoms with Gasteiger partial charge in [0, 0.05) is 24.3 Å². The Labute approximate surface area is 232 Å². The van der Waals surface area contributed by atoms with Crippen LogP contribution in [0, 0.1) is 18.3 Å². The molecule has 1 heterocycles. The molecular formula is C34H38N2O3. The van der Waals surface area contributed by atoms with Gasteiger partial charge in [-0.3, -0.25) is 19.3 Å². The molecule has 0 spiro atoms. The van der Waals surface area contributed by atoms with Gasteiger partial charge in [0.25, 0.3) is 5.91 Å². The van der Waals surface area contributed by atoms with E-state index in [4.69, 9.17) is 0 Å². The van der Waals surface area contributed by atoms with Crippen molar-refractivity contribution in [3.05, 3.63) is 102 Å². The molecule has 0 saturated carbocycles. The van der Waals surface area contributed by atoms with Crippen molar-refractivity contribution in [2.75, 3.05) is 11.4 Å². The van der Waals surface area contributed by atoms with Gasteiger partial charge in [-0.25, -0.2) is 0 Å². The van der Waals surface area contributed by atoms with Crippen LogP contribution >= 0.6 is 0 Å². The molecule has 202 valence electrons. The molecule has 1 aliphatic rings. The van der Waals surface area contributed by atoms with Crippen molar-refractivity contribution < 1.29 is 14.4 Å². The Bertz CT molecular complexity index is 1270. The van der Waals surface area contributed by atoms with Gasteiger partial charge in [0.2, 0.25) is 5.91 Å². The zero-order valence-electron chi connectivity index (χ0n) is 23.3. The Morgan fingerprint density at radius 2 is 1.46 bits per heavy atom. The second kappa shape index (κ2) is 12.2. The molecule has 0 aromatic heterocycles. The number of para-hydroxylation sites is 2. The molecular weight excluding hydrogens is 484 g/mol. The zero-order valence-corrected chi connectivity index (χ0v) is 23.3. The first-order valence-electron chi connectivity index (χ1n) is 13.7. The van der Waals surface area contributed by atoms with Crippen LogP contribution in [0.5, 0.6) is 0 Å². The fourth-order valence-corrected chi connectivity index (χ4v) is 5.09. The summed E-state index contributed by atoms with van der Waals surface area (Å²) in [5.74, 6) is -0.892. The number of rotatable bonds is 8. The third kappa shape index (κ3) is 6.91. The normalized spacial score (nSPS) is 16.3. The molecule has 2 amide bonds. The van der Waals surface area contributed by atoms with Crippen LogP contribution in [0.15, 0.2) is 91.0 Å². The summed E-state index contributed by atoms with van der Waals surface area (Å²) in [5, 5.41) is 0. The van der Waals surface area contributed by atoms with Gasteiger partial charge in [-0.1, -0.05) is 93.1 Å².